The second-order valence-electron chi connectivity index (χ2n) is 19.9. The van der Waals surface area contributed by atoms with Crippen molar-refractivity contribution >= 4 is 35.9 Å². The Morgan fingerprint density at radius 2 is 1.32 bits per heavy atom. The van der Waals surface area contributed by atoms with Gasteiger partial charge in [-0.3, -0.25) is 38.7 Å². The number of alkyl carbamates (subject to hydrolysis) is 1. The topological polar surface area (TPSA) is 235 Å². The van der Waals surface area contributed by atoms with Crippen molar-refractivity contribution in [1.29, 1.82) is 0 Å². The number of carboxylic acid groups (broad SMARTS) is 5. The molecule has 0 aromatic rings. The molecule has 0 saturated heterocycles. The van der Waals surface area contributed by atoms with Crippen LogP contribution in [0, 0.1) is 46.3 Å². The lowest BCUT2D eigenvalue weighted by Gasteiger charge is -2.58. The molecule has 62 heavy (non-hydrogen) atoms. The van der Waals surface area contributed by atoms with Gasteiger partial charge in [0.1, 0.15) is 12.1 Å². The van der Waals surface area contributed by atoms with Crippen molar-refractivity contribution in [2.45, 2.75) is 137 Å². The average Bonchev–Trinajstić information content (AvgIpc) is 3.52. The Balaban J connectivity index is 1.28. The van der Waals surface area contributed by atoms with Gasteiger partial charge < -0.3 is 35.6 Å². The summed E-state index contributed by atoms with van der Waals surface area (Å²) in [7, 11) is 0. The minimum atomic E-state index is -1.26. The zero-order valence-corrected chi connectivity index (χ0v) is 37.9. The molecule has 3 fully saturated rings. The molecule has 0 radical (unpaired) electrons. The van der Waals surface area contributed by atoms with Crippen LogP contribution in [0.5, 0.6) is 0 Å². The quantitative estimate of drug-likeness (QED) is 0.0411. The van der Waals surface area contributed by atoms with Gasteiger partial charge in [0.25, 0.3) is 0 Å². The maximum Gasteiger partial charge on any atom is 0.407 e. The van der Waals surface area contributed by atoms with Gasteiger partial charge in [0.05, 0.1) is 26.2 Å². The van der Waals surface area contributed by atoms with E-state index in [1.807, 2.05) is 0 Å². The zero-order valence-electron chi connectivity index (χ0n) is 37.9. The number of hydrogen-bond acceptors (Lipinski definition) is 10. The summed E-state index contributed by atoms with van der Waals surface area (Å²) in [4.78, 5) is 74.8. The van der Waals surface area contributed by atoms with Gasteiger partial charge in [-0.05, 0) is 111 Å². The number of unbranched alkanes of at least 4 members (excludes halogenated alkanes) is 1. The fourth-order valence-corrected chi connectivity index (χ4v) is 12.2. The number of carbonyl (C=O) groups excluding carboxylic acids is 1. The molecule has 0 heterocycles. The third kappa shape index (κ3) is 14.1. The molecule has 0 aromatic carbocycles. The molecule has 6 N–H and O–H groups in total. The Morgan fingerprint density at radius 3 is 1.87 bits per heavy atom. The van der Waals surface area contributed by atoms with Crippen molar-refractivity contribution < 1.29 is 59.0 Å². The molecule has 1 unspecified atom stereocenters. The third-order valence-corrected chi connectivity index (χ3v) is 15.3. The lowest BCUT2D eigenvalue weighted by Crippen LogP contribution is -2.51. The standard InChI is InChI=1S/C46H76N4O12/c1-30(2)9-8-10-31(3)35-14-15-36-34-13-12-32-25-33(16-18-45(32,4)37(34)17-19-46(35,36)5)62-44(61)47-20-7-6-11-38(43(59)60)50(23-21-48(26-39(51)52)27-40(53)54)24-22-49(28-41(55)56)29-42(57)58/h12,30-31,33-38H,6-11,13-29H2,1-5H3,(H,47,61)(H,51,52)(H,53,54)(H,55,56)(H,57,58)(H,59,60)/t31-,33?,34+,35-,36+,37+,38+,45+,46-/m1/s1. The Hall–Kier alpha value is -3.76. The van der Waals surface area contributed by atoms with Crippen LogP contribution in [0.3, 0.4) is 0 Å². The van der Waals surface area contributed by atoms with E-state index in [0.29, 0.717) is 24.2 Å². The first-order valence-corrected chi connectivity index (χ1v) is 23.2. The highest BCUT2D eigenvalue weighted by atomic mass is 16.6. The molecule has 16 heteroatoms. The lowest BCUT2D eigenvalue weighted by molar-refractivity contribution is -0.146. The molecule has 4 rings (SSSR count). The molecular weight excluding hydrogens is 801 g/mol. The highest BCUT2D eigenvalue weighted by Crippen LogP contribution is 2.67. The molecule has 352 valence electrons. The number of nitrogens with zero attached hydrogens (tertiary/aromatic N) is 3. The molecule has 16 nitrogen and oxygen atoms in total. The Bertz CT molecular complexity index is 1520. The smallest absolute Gasteiger partial charge is 0.407 e. The van der Waals surface area contributed by atoms with Gasteiger partial charge in [0.2, 0.25) is 0 Å². The van der Waals surface area contributed by atoms with Crippen LogP contribution in [0.2, 0.25) is 0 Å². The van der Waals surface area contributed by atoms with Crippen molar-refractivity contribution in [2.24, 2.45) is 46.3 Å². The summed E-state index contributed by atoms with van der Waals surface area (Å²) in [5.41, 5.74) is 2.00. The molecule has 0 spiro atoms. The highest BCUT2D eigenvalue weighted by molar-refractivity contribution is 5.74. The van der Waals surface area contributed by atoms with Crippen molar-refractivity contribution in [3.63, 3.8) is 0 Å². The minimum absolute atomic E-state index is 0.0766. The first-order chi connectivity index (χ1) is 29.2. The summed E-state index contributed by atoms with van der Waals surface area (Å²) < 4.78 is 5.95. The fourth-order valence-electron chi connectivity index (χ4n) is 12.2. The van der Waals surface area contributed by atoms with Gasteiger partial charge >= 0.3 is 35.9 Å². The molecule has 0 bridgehead atoms. The number of carboxylic acids is 5. The van der Waals surface area contributed by atoms with E-state index in [1.54, 1.807) is 0 Å². The Morgan fingerprint density at radius 1 is 0.726 bits per heavy atom. The molecule has 0 aliphatic heterocycles. The highest BCUT2D eigenvalue weighted by Gasteiger charge is 2.59. The third-order valence-electron chi connectivity index (χ3n) is 15.3. The van der Waals surface area contributed by atoms with Gasteiger partial charge in [-0.1, -0.05) is 65.5 Å². The minimum Gasteiger partial charge on any atom is -0.480 e. The van der Waals surface area contributed by atoms with Gasteiger partial charge in [0, 0.05) is 39.1 Å². The summed E-state index contributed by atoms with van der Waals surface area (Å²) in [5, 5.41) is 50.1. The number of hydrogen-bond donors (Lipinski definition) is 6. The summed E-state index contributed by atoms with van der Waals surface area (Å²) in [6.07, 6.45) is 15.6. The van der Waals surface area contributed by atoms with E-state index in [2.05, 4.69) is 46.0 Å². The van der Waals surface area contributed by atoms with Crippen molar-refractivity contribution in [2.75, 3.05) is 58.9 Å². The molecular formula is C46H76N4O12. The van der Waals surface area contributed by atoms with Gasteiger partial charge in [-0.2, -0.15) is 0 Å². The number of carbonyl (C=O) groups is 6. The van der Waals surface area contributed by atoms with Crippen LogP contribution < -0.4 is 5.32 Å². The normalized spacial score (nSPS) is 27.8. The number of fused-ring (bicyclic) bond motifs is 5. The van der Waals surface area contributed by atoms with Crippen LogP contribution in [-0.2, 0) is 28.7 Å². The average molecular weight is 877 g/mol. The summed E-state index contributed by atoms with van der Waals surface area (Å²) in [6.45, 7) is 9.71. The largest absolute Gasteiger partial charge is 0.480 e. The van der Waals surface area contributed by atoms with Gasteiger partial charge in [-0.15, -0.1) is 0 Å². The van der Waals surface area contributed by atoms with Crippen LogP contribution in [0.4, 0.5) is 4.79 Å². The maximum atomic E-state index is 13.0. The first-order valence-electron chi connectivity index (χ1n) is 23.2. The summed E-state index contributed by atoms with van der Waals surface area (Å²) in [5.74, 6) is -1.74. The molecule has 4 aliphatic rings. The second-order valence-corrected chi connectivity index (χ2v) is 19.9. The monoisotopic (exact) mass is 877 g/mol. The Kier molecular flexibility index (Phi) is 19.1. The number of rotatable bonds is 27. The van der Waals surface area contributed by atoms with Crippen LogP contribution in [0.15, 0.2) is 11.6 Å². The number of aliphatic carboxylic acids is 5. The maximum absolute atomic E-state index is 13.0. The van der Waals surface area contributed by atoms with Crippen molar-refractivity contribution in [1.82, 2.24) is 20.0 Å². The summed E-state index contributed by atoms with van der Waals surface area (Å²) in [6, 6.07) is -1.13. The van der Waals surface area contributed by atoms with E-state index < -0.39 is 68.2 Å². The van der Waals surface area contributed by atoms with Crippen LogP contribution >= 0.6 is 0 Å². The van der Waals surface area contributed by atoms with E-state index in [0.717, 1.165) is 65.1 Å². The zero-order chi connectivity index (χ0) is 45.8. The van der Waals surface area contributed by atoms with E-state index in [4.69, 9.17) is 4.74 Å². The predicted molar refractivity (Wildman–Crippen MR) is 232 cm³/mol. The van der Waals surface area contributed by atoms with E-state index in [9.17, 15) is 54.3 Å². The molecule has 4 aliphatic carbocycles. The van der Waals surface area contributed by atoms with E-state index in [1.165, 1.54) is 55.4 Å². The Labute approximate surface area is 367 Å². The first kappa shape index (κ1) is 50.9. The number of nitrogens with one attached hydrogen (secondary N) is 1. The van der Waals surface area contributed by atoms with Crippen LogP contribution in [-0.4, -0.2) is 147 Å². The number of allylic oxidation sites excluding steroid dienone is 1. The molecule has 1 amide bonds. The van der Waals surface area contributed by atoms with Crippen molar-refractivity contribution in [3.05, 3.63) is 11.6 Å². The van der Waals surface area contributed by atoms with Gasteiger partial charge in [0.15, 0.2) is 0 Å². The van der Waals surface area contributed by atoms with Crippen LogP contribution in [0.1, 0.15) is 125 Å². The number of ether oxygens (including phenoxy) is 1. The lowest BCUT2D eigenvalue weighted by atomic mass is 9.47. The second kappa shape index (κ2) is 23.3. The predicted octanol–water partition coefficient (Wildman–Crippen LogP) is 5.99. The van der Waals surface area contributed by atoms with E-state index >= 15 is 0 Å². The number of amides is 1. The summed E-state index contributed by atoms with van der Waals surface area (Å²) >= 11 is 0. The molecule has 9 atom stereocenters. The van der Waals surface area contributed by atoms with E-state index in [-0.39, 0.29) is 50.7 Å². The molecule has 3 saturated carbocycles. The van der Waals surface area contributed by atoms with Gasteiger partial charge in [-0.25, -0.2) is 4.79 Å². The van der Waals surface area contributed by atoms with Crippen molar-refractivity contribution in [3.8, 4) is 0 Å². The fraction of sp³-hybridized carbons (Fsp3) is 0.826. The van der Waals surface area contributed by atoms with Crippen LogP contribution in [0.25, 0.3) is 0 Å². The SMILES string of the molecule is CC(C)CCC[C@@H](C)[C@H]1CC[C@H]2[C@@H]3CC=C4CC(OC(=O)NCCCC[C@@H](C(=O)O)N(CCN(CC(=O)O)CC(=O)O)CCN(CC(=O)O)CC(=O)O)CC[C@]4(C)[C@H]3CC[C@]12C. The molecule has 0 aromatic heterocycles.